The number of benzene rings is 2. The summed E-state index contributed by atoms with van der Waals surface area (Å²) in [5, 5.41) is 25.3. The molecule has 35 heavy (non-hydrogen) atoms. The van der Waals surface area contributed by atoms with E-state index >= 15 is 0 Å². The van der Waals surface area contributed by atoms with E-state index in [4.69, 9.17) is 19.3 Å². The molecule has 0 aliphatic heterocycles. The van der Waals surface area contributed by atoms with E-state index in [9.17, 15) is 9.90 Å². The third-order valence-electron chi connectivity index (χ3n) is 5.92. The second kappa shape index (κ2) is 12.5. The molecule has 9 heteroatoms. The molecule has 0 saturated heterocycles. The van der Waals surface area contributed by atoms with Gasteiger partial charge in [-0.1, -0.05) is 48.5 Å². The molecule has 1 aliphatic carbocycles. The lowest BCUT2D eigenvalue weighted by atomic mass is 9.98. The van der Waals surface area contributed by atoms with E-state index in [1.165, 1.54) is 22.3 Å². The second-order valence-electron chi connectivity index (χ2n) is 8.14. The number of amides is 1. The second-order valence-corrected chi connectivity index (χ2v) is 8.14. The molecule has 0 unspecified atom stereocenters. The van der Waals surface area contributed by atoms with Crippen LogP contribution in [0.5, 0.6) is 0 Å². The molecule has 9 nitrogen and oxygen atoms in total. The number of fused-ring (bicyclic) bond motifs is 3. The van der Waals surface area contributed by atoms with Crippen molar-refractivity contribution < 1.29 is 29.2 Å². The Balaban J connectivity index is 1.08. The topological polar surface area (TPSA) is 115 Å². The van der Waals surface area contributed by atoms with E-state index in [0.717, 1.165) is 0 Å². The number of aliphatic hydroxyl groups is 2. The molecule has 0 saturated carbocycles. The summed E-state index contributed by atoms with van der Waals surface area (Å²) in [6.45, 7) is 2.32. The molecule has 1 aliphatic rings. The first-order chi connectivity index (χ1) is 17.2. The number of ether oxygens (including phenoxy) is 3. The maximum atomic E-state index is 12.2. The van der Waals surface area contributed by atoms with Crippen LogP contribution in [0, 0.1) is 0 Å². The highest BCUT2D eigenvalue weighted by molar-refractivity contribution is 5.79. The van der Waals surface area contributed by atoms with Gasteiger partial charge >= 0.3 is 6.09 Å². The van der Waals surface area contributed by atoms with Gasteiger partial charge < -0.3 is 29.7 Å². The molecular weight excluding hydrogens is 450 g/mol. The summed E-state index contributed by atoms with van der Waals surface area (Å²) in [4.78, 5) is 12.2. The Morgan fingerprint density at radius 1 is 0.914 bits per heavy atom. The third kappa shape index (κ3) is 6.26. The van der Waals surface area contributed by atoms with E-state index in [1.807, 2.05) is 24.3 Å². The van der Waals surface area contributed by atoms with Crippen molar-refractivity contribution in [1.82, 2.24) is 15.1 Å². The molecule has 0 radical (unpaired) electrons. The largest absolute Gasteiger partial charge is 0.449 e. The Labute approximate surface area is 204 Å². The zero-order valence-corrected chi connectivity index (χ0v) is 19.6. The minimum absolute atomic E-state index is 0.0342. The minimum Gasteiger partial charge on any atom is -0.449 e. The first kappa shape index (κ1) is 24.9. The lowest BCUT2D eigenvalue weighted by molar-refractivity contribution is 0.0440. The maximum absolute atomic E-state index is 12.2. The summed E-state index contributed by atoms with van der Waals surface area (Å²) in [5.74, 6) is 0.0342. The van der Waals surface area contributed by atoms with Crippen molar-refractivity contribution in [2.45, 2.75) is 25.7 Å². The molecule has 1 amide bonds. The van der Waals surface area contributed by atoms with Gasteiger partial charge in [0, 0.05) is 12.5 Å². The highest BCUT2D eigenvalue weighted by atomic mass is 16.6. The van der Waals surface area contributed by atoms with Crippen LogP contribution in [0.4, 0.5) is 4.79 Å². The molecule has 1 aromatic heterocycles. The summed E-state index contributed by atoms with van der Waals surface area (Å²) in [6, 6.07) is 18.1. The Morgan fingerprint density at radius 2 is 1.57 bits per heavy atom. The smallest absolute Gasteiger partial charge is 0.407 e. The van der Waals surface area contributed by atoms with Gasteiger partial charge in [0.25, 0.3) is 0 Å². The zero-order chi connectivity index (χ0) is 24.5. The van der Waals surface area contributed by atoms with Crippen molar-refractivity contribution in [3.05, 3.63) is 77.1 Å². The Bertz CT molecular complexity index is 1070. The lowest BCUT2D eigenvalue weighted by Gasteiger charge is -2.14. The van der Waals surface area contributed by atoms with Crippen molar-refractivity contribution >= 4 is 6.09 Å². The van der Waals surface area contributed by atoms with Gasteiger partial charge in [0.1, 0.15) is 6.61 Å². The van der Waals surface area contributed by atoms with Crippen molar-refractivity contribution in [1.29, 1.82) is 0 Å². The van der Waals surface area contributed by atoms with Crippen LogP contribution in [-0.2, 0) is 34.0 Å². The number of rotatable bonds is 13. The summed E-state index contributed by atoms with van der Waals surface area (Å²) in [5.41, 5.74) is 5.90. The number of carbonyl (C=O) groups is 1. The number of nitrogens with zero attached hydrogens (tertiary/aromatic N) is 2. The van der Waals surface area contributed by atoms with Crippen molar-refractivity contribution in [3.8, 4) is 11.1 Å². The van der Waals surface area contributed by atoms with Crippen molar-refractivity contribution in [2.24, 2.45) is 0 Å². The van der Waals surface area contributed by atoms with Crippen LogP contribution in [0.3, 0.4) is 0 Å². The molecule has 3 aromatic rings. The van der Waals surface area contributed by atoms with Crippen LogP contribution in [-0.4, -0.2) is 65.7 Å². The standard InChI is InChI=1S/C26H31N3O6/c30-16-19-15-20(17-31)29(28-19)10-12-34-14-13-33-11-9-27-26(32)35-18-25-23-7-3-1-5-21(23)22-6-2-4-8-24(22)25/h1-8,15,25,30-31H,9-14,16-18H2,(H,27,32). The number of hydrogen-bond acceptors (Lipinski definition) is 7. The van der Waals surface area contributed by atoms with Gasteiger partial charge in [-0.05, 0) is 28.3 Å². The highest BCUT2D eigenvalue weighted by Crippen LogP contribution is 2.44. The first-order valence-electron chi connectivity index (χ1n) is 11.7. The van der Waals surface area contributed by atoms with Gasteiger partial charge in [-0.25, -0.2) is 4.79 Å². The van der Waals surface area contributed by atoms with E-state index in [0.29, 0.717) is 50.9 Å². The van der Waals surface area contributed by atoms with Crippen LogP contribution >= 0.6 is 0 Å². The van der Waals surface area contributed by atoms with Crippen LogP contribution in [0.2, 0.25) is 0 Å². The number of nitrogens with one attached hydrogen (secondary N) is 1. The fourth-order valence-corrected chi connectivity index (χ4v) is 4.26. The monoisotopic (exact) mass is 481 g/mol. The maximum Gasteiger partial charge on any atom is 0.407 e. The lowest BCUT2D eigenvalue weighted by Crippen LogP contribution is -2.29. The minimum atomic E-state index is -0.465. The molecule has 4 rings (SSSR count). The predicted molar refractivity (Wildman–Crippen MR) is 129 cm³/mol. The van der Waals surface area contributed by atoms with Gasteiger partial charge in [-0.15, -0.1) is 0 Å². The Hall–Kier alpha value is -3.24. The Kier molecular flexibility index (Phi) is 8.85. The first-order valence-corrected chi connectivity index (χ1v) is 11.7. The SMILES string of the molecule is O=C(NCCOCCOCCn1nc(CO)cc1CO)OCC1c2ccccc2-c2ccccc21. The number of alkyl carbamates (subject to hydrolysis) is 1. The van der Waals surface area contributed by atoms with Gasteiger partial charge in [0.2, 0.25) is 0 Å². The summed E-state index contributed by atoms with van der Waals surface area (Å²) in [6.07, 6.45) is -0.465. The van der Waals surface area contributed by atoms with Gasteiger partial charge in [-0.3, -0.25) is 4.68 Å². The van der Waals surface area contributed by atoms with Gasteiger partial charge in [0.15, 0.2) is 0 Å². The molecular formula is C26H31N3O6. The molecule has 186 valence electrons. The summed E-state index contributed by atoms with van der Waals surface area (Å²) >= 11 is 0. The fraction of sp³-hybridized carbons (Fsp3) is 0.385. The number of hydrogen-bond donors (Lipinski definition) is 3. The molecule has 0 spiro atoms. The molecule has 1 heterocycles. The van der Waals surface area contributed by atoms with Crippen LogP contribution in [0.15, 0.2) is 54.6 Å². The van der Waals surface area contributed by atoms with Crippen molar-refractivity contribution in [3.63, 3.8) is 0 Å². The average molecular weight is 482 g/mol. The average Bonchev–Trinajstić information content (AvgIpc) is 3.45. The molecule has 3 N–H and O–H groups in total. The van der Waals surface area contributed by atoms with Crippen LogP contribution in [0.1, 0.15) is 28.4 Å². The normalized spacial score (nSPS) is 12.4. The number of carbonyl (C=O) groups excluding carboxylic acids is 1. The van der Waals surface area contributed by atoms with Gasteiger partial charge in [-0.2, -0.15) is 5.10 Å². The highest BCUT2D eigenvalue weighted by Gasteiger charge is 2.28. The molecule has 0 atom stereocenters. The third-order valence-corrected chi connectivity index (χ3v) is 5.92. The molecule has 2 aromatic carbocycles. The van der Waals surface area contributed by atoms with Gasteiger partial charge in [0.05, 0.1) is 57.6 Å². The van der Waals surface area contributed by atoms with E-state index in [-0.39, 0.29) is 25.7 Å². The van der Waals surface area contributed by atoms with E-state index in [1.54, 1.807) is 10.7 Å². The summed E-state index contributed by atoms with van der Waals surface area (Å²) < 4.78 is 18.1. The molecule has 0 fully saturated rings. The van der Waals surface area contributed by atoms with Crippen LogP contribution < -0.4 is 5.32 Å². The Morgan fingerprint density at radius 3 is 2.23 bits per heavy atom. The van der Waals surface area contributed by atoms with Crippen molar-refractivity contribution in [2.75, 3.05) is 39.6 Å². The predicted octanol–water partition coefficient (Wildman–Crippen LogP) is 2.44. The van der Waals surface area contributed by atoms with E-state index < -0.39 is 6.09 Å². The zero-order valence-electron chi connectivity index (χ0n) is 19.6. The molecule has 0 bridgehead atoms. The number of aliphatic hydroxyl groups excluding tert-OH is 2. The van der Waals surface area contributed by atoms with E-state index in [2.05, 4.69) is 34.7 Å². The summed E-state index contributed by atoms with van der Waals surface area (Å²) in [7, 11) is 0. The number of aromatic nitrogens is 2. The quantitative estimate of drug-likeness (QED) is 0.321. The van der Waals surface area contributed by atoms with Crippen LogP contribution in [0.25, 0.3) is 11.1 Å². The fourth-order valence-electron chi connectivity index (χ4n) is 4.26.